The number of hydrogen-bond acceptors (Lipinski definition) is 1. The predicted octanol–water partition coefficient (Wildman–Crippen LogP) is 2.91. The van der Waals surface area contributed by atoms with E-state index in [1.54, 1.807) is 0 Å². The van der Waals surface area contributed by atoms with E-state index < -0.39 is 0 Å². The Labute approximate surface area is 82.5 Å². The van der Waals surface area contributed by atoms with Gasteiger partial charge in [0.05, 0.1) is 0 Å². The number of nitrogens with zero attached hydrogens (tertiary/aromatic N) is 1. The molecule has 1 aliphatic heterocycles. The summed E-state index contributed by atoms with van der Waals surface area (Å²) in [4.78, 5) is 2.69. The van der Waals surface area contributed by atoms with Crippen molar-refractivity contribution in [2.45, 2.75) is 52.5 Å². The van der Waals surface area contributed by atoms with Crippen LogP contribution >= 0.6 is 0 Å². The summed E-state index contributed by atoms with van der Waals surface area (Å²) < 4.78 is 0. The summed E-state index contributed by atoms with van der Waals surface area (Å²) in [5, 5.41) is 0. The molecule has 0 aromatic rings. The second-order valence-electron chi connectivity index (χ2n) is 5.96. The van der Waals surface area contributed by atoms with Crippen LogP contribution in [0, 0.1) is 11.3 Å². The Morgan fingerprint density at radius 2 is 1.85 bits per heavy atom. The molecule has 0 amide bonds. The van der Waals surface area contributed by atoms with Crippen molar-refractivity contribution in [3.63, 3.8) is 0 Å². The van der Waals surface area contributed by atoms with Gasteiger partial charge in [-0.15, -0.1) is 0 Å². The van der Waals surface area contributed by atoms with Crippen molar-refractivity contribution in [3.8, 4) is 0 Å². The molecule has 1 heterocycles. The maximum atomic E-state index is 2.69. The number of likely N-dealkylation sites (tertiary alicyclic amines) is 1. The molecule has 0 radical (unpaired) electrons. The van der Waals surface area contributed by atoms with E-state index in [2.05, 4.69) is 25.7 Å². The second-order valence-corrected chi connectivity index (χ2v) is 5.96. The van der Waals surface area contributed by atoms with Crippen LogP contribution in [0.1, 0.15) is 46.5 Å². The molecule has 0 aromatic heterocycles. The highest BCUT2D eigenvalue weighted by Gasteiger charge is 2.36. The molecule has 2 atom stereocenters. The lowest BCUT2D eigenvalue weighted by atomic mass is 9.70. The van der Waals surface area contributed by atoms with Gasteiger partial charge in [-0.2, -0.15) is 0 Å². The Kier molecular flexibility index (Phi) is 2.39. The minimum absolute atomic E-state index is 0.595. The van der Waals surface area contributed by atoms with E-state index in [9.17, 15) is 0 Å². The van der Waals surface area contributed by atoms with E-state index in [0.717, 1.165) is 12.0 Å². The van der Waals surface area contributed by atoms with E-state index in [-0.39, 0.29) is 0 Å². The van der Waals surface area contributed by atoms with Crippen LogP contribution in [0.4, 0.5) is 0 Å². The average molecular weight is 181 g/mol. The van der Waals surface area contributed by atoms with Crippen molar-refractivity contribution in [1.29, 1.82) is 0 Å². The lowest BCUT2D eigenvalue weighted by Gasteiger charge is -2.47. The highest BCUT2D eigenvalue weighted by Crippen LogP contribution is 2.41. The fourth-order valence-electron chi connectivity index (χ4n) is 3.28. The summed E-state index contributed by atoms with van der Waals surface area (Å²) in [6, 6.07) is 0.910. The van der Waals surface area contributed by atoms with Gasteiger partial charge < -0.3 is 4.90 Å². The van der Waals surface area contributed by atoms with E-state index in [4.69, 9.17) is 0 Å². The van der Waals surface area contributed by atoms with Gasteiger partial charge in [-0.3, -0.25) is 0 Å². The minimum Gasteiger partial charge on any atom is -0.300 e. The summed E-state index contributed by atoms with van der Waals surface area (Å²) in [6.07, 6.45) is 5.74. The van der Waals surface area contributed by atoms with Gasteiger partial charge in [0.2, 0.25) is 0 Å². The van der Waals surface area contributed by atoms with Crippen LogP contribution in [0.5, 0.6) is 0 Å². The molecule has 13 heavy (non-hydrogen) atoms. The molecular weight excluding hydrogens is 158 g/mol. The molecular formula is C12H23N. The third-order valence-electron chi connectivity index (χ3n) is 3.77. The van der Waals surface area contributed by atoms with Gasteiger partial charge >= 0.3 is 0 Å². The number of hydrogen-bond donors (Lipinski definition) is 0. The van der Waals surface area contributed by atoms with Crippen LogP contribution in [0.2, 0.25) is 0 Å². The molecule has 0 bridgehead atoms. The van der Waals surface area contributed by atoms with Gasteiger partial charge in [0.25, 0.3) is 0 Å². The molecule has 1 aliphatic carbocycles. The fourth-order valence-corrected chi connectivity index (χ4v) is 3.28. The van der Waals surface area contributed by atoms with E-state index in [0.29, 0.717) is 5.41 Å². The quantitative estimate of drug-likeness (QED) is 0.601. The lowest BCUT2D eigenvalue weighted by molar-refractivity contribution is 0.0305. The molecule has 1 heteroatoms. The SMILES string of the molecule is CC1CC(N2CCC2)CC(C)(C)C1. The van der Waals surface area contributed by atoms with Crippen molar-refractivity contribution in [2.75, 3.05) is 13.1 Å². The molecule has 1 nitrogen and oxygen atoms in total. The van der Waals surface area contributed by atoms with Crippen LogP contribution in [-0.2, 0) is 0 Å². The first-order valence-corrected chi connectivity index (χ1v) is 5.81. The lowest BCUT2D eigenvalue weighted by Crippen LogP contribution is -2.49. The minimum atomic E-state index is 0.595. The zero-order chi connectivity index (χ0) is 9.47. The molecule has 0 spiro atoms. The Bertz CT molecular complexity index is 182. The maximum absolute atomic E-state index is 2.69. The molecule has 0 N–H and O–H groups in total. The largest absolute Gasteiger partial charge is 0.300 e. The second kappa shape index (κ2) is 3.27. The highest BCUT2D eigenvalue weighted by atomic mass is 15.2. The summed E-state index contributed by atoms with van der Waals surface area (Å²) in [6.45, 7) is 10.0. The molecule has 1 saturated heterocycles. The van der Waals surface area contributed by atoms with Crippen LogP contribution in [-0.4, -0.2) is 24.0 Å². The third kappa shape index (κ3) is 2.07. The van der Waals surface area contributed by atoms with E-state index in [1.165, 1.54) is 38.8 Å². The van der Waals surface area contributed by atoms with Crippen molar-refractivity contribution < 1.29 is 0 Å². The molecule has 0 aromatic carbocycles. The third-order valence-corrected chi connectivity index (χ3v) is 3.77. The zero-order valence-corrected chi connectivity index (χ0v) is 9.34. The van der Waals surface area contributed by atoms with Gasteiger partial charge in [0.15, 0.2) is 0 Å². The fraction of sp³-hybridized carbons (Fsp3) is 1.00. The van der Waals surface area contributed by atoms with E-state index in [1.807, 2.05) is 0 Å². The van der Waals surface area contributed by atoms with Gasteiger partial charge in [-0.05, 0) is 50.1 Å². The van der Waals surface area contributed by atoms with Gasteiger partial charge in [0, 0.05) is 6.04 Å². The molecule has 2 fully saturated rings. The van der Waals surface area contributed by atoms with Gasteiger partial charge in [-0.1, -0.05) is 20.8 Å². The summed E-state index contributed by atoms with van der Waals surface area (Å²) >= 11 is 0. The van der Waals surface area contributed by atoms with Crippen LogP contribution in [0.25, 0.3) is 0 Å². The van der Waals surface area contributed by atoms with Gasteiger partial charge in [0.1, 0.15) is 0 Å². The smallest absolute Gasteiger partial charge is 0.0103 e. The van der Waals surface area contributed by atoms with Crippen LogP contribution < -0.4 is 0 Å². The summed E-state index contributed by atoms with van der Waals surface area (Å²) in [5.41, 5.74) is 0.595. The molecule has 2 unspecified atom stereocenters. The standard InChI is InChI=1S/C12H23N/c1-10-7-11(13-5-4-6-13)9-12(2,3)8-10/h10-11H,4-9H2,1-3H3. The molecule has 76 valence electrons. The molecule has 2 aliphatic rings. The van der Waals surface area contributed by atoms with Crippen molar-refractivity contribution in [2.24, 2.45) is 11.3 Å². The Balaban J connectivity index is 1.96. The Morgan fingerprint density at radius 1 is 1.15 bits per heavy atom. The van der Waals surface area contributed by atoms with Crippen LogP contribution in [0.3, 0.4) is 0 Å². The highest BCUT2D eigenvalue weighted by molar-refractivity contribution is 4.90. The van der Waals surface area contributed by atoms with Crippen molar-refractivity contribution >= 4 is 0 Å². The Hall–Kier alpha value is -0.0400. The first-order chi connectivity index (χ1) is 6.07. The predicted molar refractivity (Wildman–Crippen MR) is 56.8 cm³/mol. The monoisotopic (exact) mass is 181 g/mol. The van der Waals surface area contributed by atoms with Crippen molar-refractivity contribution in [3.05, 3.63) is 0 Å². The summed E-state index contributed by atoms with van der Waals surface area (Å²) in [7, 11) is 0. The normalized spacial score (nSPS) is 39.9. The first-order valence-electron chi connectivity index (χ1n) is 5.81. The Morgan fingerprint density at radius 3 is 2.31 bits per heavy atom. The van der Waals surface area contributed by atoms with Crippen LogP contribution in [0.15, 0.2) is 0 Å². The summed E-state index contributed by atoms with van der Waals surface area (Å²) in [5.74, 6) is 0.939. The first kappa shape index (κ1) is 9.51. The van der Waals surface area contributed by atoms with Gasteiger partial charge in [-0.25, -0.2) is 0 Å². The average Bonchev–Trinajstić information content (AvgIpc) is 1.75. The maximum Gasteiger partial charge on any atom is 0.0103 e. The zero-order valence-electron chi connectivity index (χ0n) is 9.34. The molecule has 1 saturated carbocycles. The number of rotatable bonds is 1. The van der Waals surface area contributed by atoms with E-state index >= 15 is 0 Å². The molecule has 2 rings (SSSR count). The van der Waals surface area contributed by atoms with Crippen molar-refractivity contribution in [1.82, 2.24) is 4.90 Å². The topological polar surface area (TPSA) is 3.24 Å².